The van der Waals surface area contributed by atoms with Crippen molar-refractivity contribution in [2.45, 2.75) is 6.92 Å². The monoisotopic (exact) mass is 241 g/mol. The number of aliphatic carboxylic acids is 1. The first kappa shape index (κ1) is 12.8. The minimum absolute atomic E-state index is 0.254. The molecule has 0 heterocycles. The van der Waals surface area contributed by atoms with Crippen LogP contribution in [0, 0.1) is 11.6 Å². The van der Waals surface area contributed by atoms with E-state index in [0.717, 1.165) is 19.1 Å². The number of carboxylic acid groups (broad SMARTS) is 1. The second-order valence-electron chi connectivity index (χ2n) is 3.19. The second kappa shape index (κ2) is 5.20. The zero-order valence-electron chi connectivity index (χ0n) is 8.83. The number of halogens is 2. The smallest absolute Gasteiger partial charge is 0.352 e. The SMILES string of the molecule is CC(=O)N/C(=C/c1cccc(F)c1F)C(=O)O. The number of amides is 1. The molecule has 0 saturated carbocycles. The van der Waals surface area contributed by atoms with Crippen LogP contribution in [0.25, 0.3) is 6.08 Å². The van der Waals surface area contributed by atoms with Gasteiger partial charge < -0.3 is 10.4 Å². The number of rotatable bonds is 3. The first-order valence-corrected chi connectivity index (χ1v) is 4.58. The highest BCUT2D eigenvalue weighted by molar-refractivity contribution is 5.96. The summed E-state index contributed by atoms with van der Waals surface area (Å²) >= 11 is 0. The fourth-order valence-electron chi connectivity index (χ4n) is 1.13. The molecule has 1 aromatic carbocycles. The maximum absolute atomic E-state index is 13.2. The molecule has 1 amide bonds. The molecule has 1 rings (SSSR count). The standard InChI is InChI=1S/C11H9F2NO3/c1-6(15)14-9(11(16)17)5-7-3-2-4-8(12)10(7)13/h2-5H,1H3,(H,14,15)(H,16,17)/b9-5+. The van der Waals surface area contributed by atoms with Crippen LogP contribution in [-0.2, 0) is 9.59 Å². The third-order valence-corrected chi connectivity index (χ3v) is 1.82. The topological polar surface area (TPSA) is 66.4 Å². The lowest BCUT2D eigenvalue weighted by Gasteiger charge is -2.04. The van der Waals surface area contributed by atoms with E-state index in [2.05, 4.69) is 0 Å². The van der Waals surface area contributed by atoms with E-state index in [4.69, 9.17) is 5.11 Å². The predicted octanol–water partition coefficient (Wildman–Crippen LogP) is 1.53. The van der Waals surface area contributed by atoms with Gasteiger partial charge in [0.05, 0.1) is 0 Å². The van der Waals surface area contributed by atoms with Crippen LogP contribution in [0.4, 0.5) is 8.78 Å². The Morgan fingerprint density at radius 3 is 2.53 bits per heavy atom. The third-order valence-electron chi connectivity index (χ3n) is 1.82. The third kappa shape index (κ3) is 3.37. The van der Waals surface area contributed by atoms with Crippen LogP contribution in [0.2, 0.25) is 0 Å². The summed E-state index contributed by atoms with van der Waals surface area (Å²) < 4.78 is 26.1. The summed E-state index contributed by atoms with van der Waals surface area (Å²) in [7, 11) is 0. The highest BCUT2D eigenvalue weighted by atomic mass is 19.2. The normalized spacial score (nSPS) is 11.1. The molecule has 0 fully saturated rings. The van der Waals surface area contributed by atoms with Gasteiger partial charge in [0.25, 0.3) is 0 Å². The fraction of sp³-hybridized carbons (Fsp3) is 0.0909. The summed E-state index contributed by atoms with van der Waals surface area (Å²) in [6, 6.07) is 3.34. The molecular weight excluding hydrogens is 232 g/mol. The van der Waals surface area contributed by atoms with Crippen LogP contribution < -0.4 is 5.32 Å². The van der Waals surface area contributed by atoms with E-state index in [-0.39, 0.29) is 5.56 Å². The molecule has 0 spiro atoms. The predicted molar refractivity (Wildman–Crippen MR) is 55.8 cm³/mol. The van der Waals surface area contributed by atoms with Gasteiger partial charge in [-0.1, -0.05) is 12.1 Å². The number of hydrogen-bond acceptors (Lipinski definition) is 2. The van der Waals surface area contributed by atoms with Gasteiger partial charge in [-0.2, -0.15) is 0 Å². The van der Waals surface area contributed by atoms with E-state index in [0.29, 0.717) is 0 Å². The van der Waals surface area contributed by atoms with E-state index < -0.39 is 29.2 Å². The van der Waals surface area contributed by atoms with Gasteiger partial charge in [0.15, 0.2) is 11.6 Å². The Hall–Kier alpha value is -2.24. The van der Waals surface area contributed by atoms with Gasteiger partial charge in [0, 0.05) is 12.5 Å². The molecule has 0 radical (unpaired) electrons. The van der Waals surface area contributed by atoms with Crippen molar-refractivity contribution >= 4 is 18.0 Å². The molecule has 6 heteroatoms. The summed E-state index contributed by atoms with van der Waals surface area (Å²) in [6.07, 6.45) is 0.849. The molecule has 0 aliphatic rings. The lowest BCUT2D eigenvalue weighted by molar-refractivity contribution is -0.134. The van der Waals surface area contributed by atoms with E-state index in [9.17, 15) is 18.4 Å². The molecule has 0 aliphatic carbocycles. The summed E-state index contributed by atoms with van der Waals surface area (Å²) in [6.45, 7) is 1.11. The van der Waals surface area contributed by atoms with Crippen molar-refractivity contribution in [3.05, 3.63) is 41.1 Å². The maximum Gasteiger partial charge on any atom is 0.352 e. The molecule has 0 aliphatic heterocycles. The minimum atomic E-state index is -1.44. The van der Waals surface area contributed by atoms with Crippen LogP contribution in [0.5, 0.6) is 0 Å². The molecule has 90 valence electrons. The van der Waals surface area contributed by atoms with Gasteiger partial charge in [0.2, 0.25) is 5.91 Å². The van der Waals surface area contributed by atoms with Crippen LogP contribution in [0.1, 0.15) is 12.5 Å². The van der Waals surface area contributed by atoms with Crippen molar-refractivity contribution in [3.8, 4) is 0 Å². The summed E-state index contributed by atoms with van der Waals surface area (Å²) in [5.74, 6) is -4.32. The number of carbonyl (C=O) groups excluding carboxylic acids is 1. The molecule has 4 nitrogen and oxygen atoms in total. The highest BCUT2D eigenvalue weighted by Gasteiger charge is 2.12. The van der Waals surface area contributed by atoms with Gasteiger partial charge in [-0.05, 0) is 12.1 Å². The van der Waals surface area contributed by atoms with Crippen LogP contribution in [0.3, 0.4) is 0 Å². The van der Waals surface area contributed by atoms with Crippen molar-refractivity contribution in [2.75, 3.05) is 0 Å². The van der Waals surface area contributed by atoms with Gasteiger partial charge in [0.1, 0.15) is 5.70 Å². The Kier molecular flexibility index (Phi) is 3.92. The molecule has 0 saturated heterocycles. The molecule has 17 heavy (non-hydrogen) atoms. The van der Waals surface area contributed by atoms with Crippen molar-refractivity contribution in [1.82, 2.24) is 5.32 Å². The Balaban J connectivity index is 3.17. The van der Waals surface area contributed by atoms with Crippen LogP contribution >= 0.6 is 0 Å². The summed E-state index contributed by atoms with van der Waals surface area (Å²) in [4.78, 5) is 21.5. The lowest BCUT2D eigenvalue weighted by atomic mass is 10.1. The zero-order chi connectivity index (χ0) is 13.0. The zero-order valence-corrected chi connectivity index (χ0v) is 8.83. The number of carboxylic acids is 1. The quantitative estimate of drug-likeness (QED) is 0.788. The van der Waals surface area contributed by atoms with Crippen molar-refractivity contribution in [1.29, 1.82) is 0 Å². The van der Waals surface area contributed by atoms with E-state index in [1.54, 1.807) is 0 Å². The molecule has 0 unspecified atom stereocenters. The lowest BCUT2D eigenvalue weighted by Crippen LogP contribution is -2.24. The Morgan fingerprint density at radius 2 is 2.00 bits per heavy atom. The second-order valence-corrected chi connectivity index (χ2v) is 3.19. The maximum atomic E-state index is 13.2. The van der Waals surface area contributed by atoms with Crippen LogP contribution in [-0.4, -0.2) is 17.0 Å². The Bertz CT molecular complexity index is 497. The number of nitrogens with one attached hydrogen (secondary N) is 1. The number of benzene rings is 1. The Labute approximate surface area is 95.6 Å². The molecular formula is C11H9F2NO3. The number of carbonyl (C=O) groups is 2. The van der Waals surface area contributed by atoms with E-state index in [1.807, 2.05) is 5.32 Å². The minimum Gasteiger partial charge on any atom is -0.477 e. The summed E-state index contributed by atoms with van der Waals surface area (Å²) in [5, 5.41) is 10.8. The fourth-order valence-corrected chi connectivity index (χ4v) is 1.13. The Morgan fingerprint density at radius 1 is 1.35 bits per heavy atom. The van der Waals surface area contributed by atoms with E-state index >= 15 is 0 Å². The highest BCUT2D eigenvalue weighted by Crippen LogP contribution is 2.14. The van der Waals surface area contributed by atoms with Crippen molar-refractivity contribution in [2.24, 2.45) is 0 Å². The van der Waals surface area contributed by atoms with Crippen LogP contribution in [0.15, 0.2) is 23.9 Å². The van der Waals surface area contributed by atoms with Gasteiger partial charge in [-0.25, -0.2) is 13.6 Å². The average molecular weight is 241 g/mol. The van der Waals surface area contributed by atoms with Gasteiger partial charge in [-0.3, -0.25) is 4.79 Å². The van der Waals surface area contributed by atoms with Gasteiger partial charge >= 0.3 is 5.97 Å². The first-order valence-electron chi connectivity index (χ1n) is 4.58. The number of hydrogen-bond donors (Lipinski definition) is 2. The largest absolute Gasteiger partial charge is 0.477 e. The molecule has 0 atom stereocenters. The van der Waals surface area contributed by atoms with Gasteiger partial charge in [-0.15, -0.1) is 0 Å². The van der Waals surface area contributed by atoms with E-state index in [1.165, 1.54) is 12.1 Å². The average Bonchev–Trinajstić information content (AvgIpc) is 2.22. The molecule has 0 aromatic heterocycles. The summed E-state index contributed by atoms with van der Waals surface area (Å²) in [5.41, 5.74) is -0.779. The molecule has 2 N–H and O–H groups in total. The van der Waals surface area contributed by atoms with Crippen molar-refractivity contribution < 1.29 is 23.5 Å². The van der Waals surface area contributed by atoms with Crippen molar-refractivity contribution in [3.63, 3.8) is 0 Å². The first-order chi connectivity index (χ1) is 7.91. The molecule has 1 aromatic rings. The molecule has 0 bridgehead atoms.